The Labute approximate surface area is 209 Å². The molecule has 2 aromatic carbocycles. The van der Waals surface area contributed by atoms with E-state index in [1.54, 1.807) is 62.4 Å². The van der Waals surface area contributed by atoms with Crippen LogP contribution in [-0.4, -0.2) is 54.0 Å². The number of carbonyl (C=O) groups is 2. The van der Waals surface area contributed by atoms with E-state index >= 15 is 0 Å². The highest BCUT2D eigenvalue weighted by Crippen LogP contribution is 2.44. The highest BCUT2D eigenvalue weighted by atomic mass is 35.5. The van der Waals surface area contributed by atoms with Gasteiger partial charge < -0.3 is 14.7 Å². The van der Waals surface area contributed by atoms with Crippen LogP contribution in [-0.2, 0) is 24.2 Å². The molecule has 2 aromatic rings. The molecule has 1 heterocycles. The maximum Gasteiger partial charge on any atom is 0.306 e. The van der Waals surface area contributed by atoms with E-state index in [4.69, 9.17) is 27.9 Å². The molecule has 184 valence electrons. The summed E-state index contributed by atoms with van der Waals surface area (Å²) >= 11 is 12.3. The fourth-order valence-corrected chi connectivity index (χ4v) is 5.75. The fourth-order valence-electron chi connectivity index (χ4n) is 4.21. The topological polar surface area (TPSA) is 101 Å². The van der Waals surface area contributed by atoms with Crippen molar-refractivity contribution in [3.63, 3.8) is 0 Å². The number of carbonyl (C=O) groups excluding carboxylic acids is 1. The van der Waals surface area contributed by atoms with Crippen LogP contribution in [0.1, 0.15) is 50.0 Å². The largest absolute Gasteiger partial charge is 0.481 e. The Balaban J connectivity index is 2.20. The van der Waals surface area contributed by atoms with E-state index in [0.717, 1.165) is 0 Å². The summed E-state index contributed by atoms with van der Waals surface area (Å²) in [7, 11) is -3.44. The fraction of sp³-hybridized carbons (Fsp3) is 0.417. The van der Waals surface area contributed by atoms with Gasteiger partial charge in [-0.3, -0.25) is 9.59 Å². The van der Waals surface area contributed by atoms with Gasteiger partial charge in [0.05, 0.1) is 18.2 Å². The third kappa shape index (κ3) is 6.10. The number of nitrogens with zero attached hydrogens (tertiary/aromatic N) is 1. The quantitative estimate of drug-likeness (QED) is 0.507. The van der Waals surface area contributed by atoms with Gasteiger partial charge in [0, 0.05) is 21.8 Å². The average molecular weight is 528 g/mol. The van der Waals surface area contributed by atoms with Crippen LogP contribution in [0.25, 0.3) is 0 Å². The first-order valence-electron chi connectivity index (χ1n) is 11.0. The van der Waals surface area contributed by atoms with Gasteiger partial charge in [0.15, 0.2) is 9.84 Å². The standard InChI is InChI=1S/C24H27Cl2NO6S/c1-3-19(14-34(31,32)4-2)27-22(15-8-10-17(25)11-9-15)23(16-6-5-7-18(26)12-16)33-20(24(27)30)13-21(28)29/h5-12,19-20,22-23H,3-4,13-14H2,1-2H3,(H,28,29)/t19?,20-,22?,23-/m1/s1. The lowest BCUT2D eigenvalue weighted by Crippen LogP contribution is -2.56. The molecule has 34 heavy (non-hydrogen) atoms. The molecule has 1 fully saturated rings. The van der Waals surface area contributed by atoms with Gasteiger partial charge >= 0.3 is 5.97 Å². The number of morpholine rings is 1. The lowest BCUT2D eigenvalue weighted by atomic mass is 9.89. The van der Waals surface area contributed by atoms with E-state index in [1.165, 1.54) is 4.90 Å². The number of halogens is 2. The summed E-state index contributed by atoms with van der Waals surface area (Å²) in [4.78, 5) is 26.7. The molecule has 1 N–H and O–H groups in total. The molecular weight excluding hydrogens is 501 g/mol. The first-order chi connectivity index (χ1) is 16.1. The van der Waals surface area contributed by atoms with Crippen molar-refractivity contribution >= 4 is 44.9 Å². The monoisotopic (exact) mass is 527 g/mol. The zero-order chi connectivity index (χ0) is 25.0. The van der Waals surface area contributed by atoms with Crippen LogP contribution in [0.3, 0.4) is 0 Å². The van der Waals surface area contributed by atoms with Crippen LogP contribution < -0.4 is 0 Å². The SMILES string of the molecule is CCC(CS(=O)(=O)CC)N1C(=O)[C@@H](CC(=O)O)O[C@H](c2cccc(Cl)c2)C1c1ccc(Cl)cc1. The summed E-state index contributed by atoms with van der Waals surface area (Å²) in [6.07, 6.45) is -2.24. The zero-order valence-electron chi connectivity index (χ0n) is 18.9. The number of carboxylic acid groups (broad SMARTS) is 1. The summed E-state index contributed by atoms with van der Waals surface area (Å²) in [6, 6.07) is 12.4. The number of ether oxygens (including phenoxy) is 1. The first kappa shape index (κ1) is 26.5. The van der Waals surface area contributed by atoms with Crippen molar-refractivity contribution in [3.8, 4) is 0 Å². The van der Waals surface area contributed by atoms with E-state index in [2.05, 4.69) is 0 Å². The van der Waals surface area contributed by atoms with Crippen LogP contribution in [0.2, 0.25) is 10.0 Å². The summed E-state index contributed by atoms with van der Waals surface area (Å²) in [5.41, 5.74) is 1.33. The second-order valence-electron chi connectivity index (χ2n) is 8.20. The molecule has 7 nitrogen and oxygen atoms in total. The molecule has 4 atom stereocenters. The average Bonchev–Trinajstić information content (AvgIpc) is 2.79. The van der Waals surface area contributed by atoms with Gasteiger partial charge in [0.25, 0.3) is 5.91 Å². The minimum Gasteiger partial charge on any atom is -0.481 e. The van der Waals surface area contributed by atoms with Gasteiger partial charge in [0.2, 0.25) is 0 Å². The molecule has 0 radical (unpaired) electrons. The highest BCUT2D eigenvalue weighted by molar-refractivity contribution is 7.91. The third-order valence-corrected chi connectivity index (χ3v) is 8.19. The molecule has 1 amide bonds. The van der Waals surface area contributed by atoms with Crippen LogP contribution in [0.5, 0.6) is 0 Å². The van der Waals surface area contributed by atoms with Crippen molar-refractivity contribution in [2.75, 3.05) is 11.5 Å². The normalized spacial score (nSPS) is 21.9. The smallest absolute Gasteiger partial charge is 0.306 e. The molecule has 0 aromatic heterocycles. The molecule has 0 spiro atoms. The summed E-state index contributed by atoms with van der Waals surface area (Å²) in [5, 5.41) is 10.4. The van der Waals surface area contributed by atoms with E-state index in [1.807, 2.05) is 0 Å². The number of carboxylic acids is 1. The van der Waals surface area contributed by atoms with Gasteiger partial charge in [0.1, 0.15) is 12.2 Å². The van der Waals surface area contributed by atoms with Crippen LogP contribution in [0, 0.1) is 0 Å². The second kappa shape index (κ2) is 11.1. The van der Waals surface area contributed by atoms with Gasteiger partial charge in [-0.2, -0.15) is 0 Å². The van der Waals surface area contributed by atoms with Crippen molar-refractivity contribution in [3.05, 3.63) is 69.7 Å². The zero-order valence-corrected chi connectivity index (χ0v) is 21.2. The second-order valence-corrected chi connectivity index (χ2v) is 11.5. The maximum atomic E-state index is 13.6. The van der Waals surface area contributed by atoms with E-state index in [-0.39, 0.29) is 11.5 Å². The molecular formula is C24H27Cl2NO6S. The van der Waals surface area contributed by atoms with Crippen LogP contribution in [0.15, 0.2) is 48.5 Å². The van der Waals surface area contributed by atoms with Gasteiger partial charge in [-0.05, 0) is 41.8 Å². The Bertz CT molecular complexity index is 1140. The molecule has 1 aliphatic rings. The van der Waals surface area contributed by atoms with Crippen molar-refractivity contribution in [1.29, 1.82) is 0 Å². The van der Waals surface area contributed by atoms with Gasteiger partial charge in [-0.1, -0.05) is 61.3 Å². The number of sulfone groups is 1. The molecule has 0 aliphatic carbocycles. The molecule has 1 saturated heterocycles. The summed E-state index contributed by atoms with van der Waals surface area (Å²) in [5.74, 6) is -2.05. The number of rotatable bonds is 9. The minimum absolute atomic E-state index is 0.0656. The van der Waals surface area contributed by atoms with Gasteiger partial charge in [-0.25, -0.2) is 8.42 Å². The number of hydrogen-bond acceptors (Lipinski definition) is 5. The van der Waals surface area contributed by atoms with Crippen molar-refractivity contribution in [2.45, 2.75) is 51.0 Å². The van der Waals surface area contributed by atoms with Crippen LogP contribution in [0.4, 0.5) is 0 Å². The lowest BCUT2D eigenvalue weighted by molar-refractivity contribution is -0.182. The molecule has 1 aliphatic heterocycles. The van der Waals surface area contributed by atoms with Gasteiger partial charge in [-0.15, -0.1) is 0 Å². The summed E-state index contributed by atoms with van der Waals surface area (Å²) < 4.78 is 31.2. The Kier molecular flexibility index (Phi) is 8.62. The predicted molar refractivity (Wildman–Crippen MR) is 131 cm³/mol. The number of aliphatic carboxylic acids is 1. The van der Waals surface area contributed by atoms with E-state index in [9.17, 15) is 23.1 Å². The van der Waals surface area contributed by atoms with Crippen LogP contribution >= 0.6 is 23.2 Å². The van der Waals surface area contributed by atoms with Crippen molar-refractivity contribution in [1.82, 2.24) is 4.90 Å². The molecule has 0 bridgehead atoms. The highest BCUT2D eigenvalue weighted by Gasteiger charge is 2.47. The Morgan fingerprint density at radius 3 is 2.32 bits per heavy atom. The third-order valence-electron chi connectivity index (χ3n) is 5.93. The number of benzene rings is 2. The van der Waals surface area contributed by atoms with Crippen molar-refractivity contribution in [2.24, 2.45) is 0 Å². The predicted octanol–water partition coefficient (Wildman–Crippen LogP) is 4.69. The van der Waals surface area contributed by atoms with E-state index < -0.39 is 52.4 Å². The maximum absolute atomic E-state index is 13.6. The Morgan fingerprint density at radius 1 is 1.09 bits per heavy atom. The Morgan fingerprint density at radius 2 is 1.76 bits per heavy atom. The molecule has 3 rings (SSSR count). The molecule has 2 unspecified atom stereocenters. The molecule has 0 saturated carbocycles. The Hall–Kier alpha value is -2.13. The molecule has 10 heteroatoms. The number of hydrogen-bond donors (Lipinski definition) is 1. The minimum atomic E-state index is -3.44. The first-order valence-corrected chi connectivity index (χ1v) is 13.5. The summed E-state index contributed by atoms with van der Waals surface area (Å²) in [6.45, 7) is 3.36. The van der Waals surface area contributed by atoms with E-state index in [0.29, 0.717) is 27.6 Å². The lowest BCUT2D eigenvalue weighted by Gasteiger charge is -2.48. The number of amides is 1. The van der Waals surface area contributed by atoms with Crippen molar-refractivity contribution < 1.29 is 27.9 Å².